The quantitative estimate of drug-likeness (QED) is 0.905. The number of rotatable bonds is 4. The fourth-order valence-corrected chi connectivity index (χ4v) is 1.47. The van der Waals surface area contributed by atoms with Crippen LogP contribution in [0.2, 0.25) is 5.02 Å². The van der Waals surface area contributed by atoms with Gasteiger partial charge < -0.3 is 9.73 Å². The zero-order chi connectivity index (χ0) is 10.5. The Bertz CT molecular complexity index is 397. The average Bonchev–Trinajstić information content (AvgIpc) is 2.74. The van der Waals surface area contributed by atoms with E-state index in [1.807, 2.05) is 36.4 Å². The molecular weight excluding hydrogens is 245 g/mol. The Balaban J connectivity index is 0.00000128. The summed E-state index contributed by atoms with van der Waals surface area (Å²) in [6.07, 6.45) is 1.68. The molecule has 1 aromatic carbocycles. The minimum Gasteiger partial charge on any atom is -0.468 e. The summed E-state index contributed by atoms with van der Waals surface area (Å²) in [5.41, 5.74) is 1.21. The average molecular weight is 258 g/mol. The molecule has 1 N–H and O–H groups in total. The molecule has 0 aliphatic carbocycles. The lowest BCUT2D eigenvalue weighted by Gasteiger charge is -2.02. The lowest BCUT2D eigenvalue weighted by molar-refractivity contribution is 0.483. The molecule has 0 aliphatic rings. The number of nitrogens with one attached hydrogen (secondary N) is 1. The van der Waals surface area contributed by atoms with Crippen molar-refractivity contribution in [1.82, 2.24) is 5.32 Å². The zero-order valence-electron chi connectivity index (χ0n) is 8.65. The highest BCUT2D eigenvalue weighted by atomic mass is 35.5. The van der Waals surface area contributed by atoms with E-state index in [-0.39, 0.29) is 12.4 Å². The molecule has 0 bridgehead atoms. The Kier molecular flexibility index (Phi) is 5.39. The Hall–Kier alpha value is -0.960. The van der Waals surface area contributed by atoms with E-state index in [0.29, 0.717) is 0 Å². The van der Waals surface area contributed by atoms with Crippen molar-refractivity contribution in [1.29, 1.82) is 0 Å². The predicted molar refractivity (Wildman–Crippen MR) is 68.0 cm³/mol. The van der Waals surface area contributed by atoms with E-state index < -0.39 is 0 Å². The first-order valence-corrected chi connectivity index (χ1v) is 5.20. The van der Waals surface area contributed by atoms with Gasteiger partial charge in [-0.05, 0) is 29.8 Å². The summed E-state index contributed by atoms with van der Waals surface area (Å²) in [5.74, 6) is 0.948. The molecule has 0 aliphatic heterocycles. The summed E-state index contributed by atoms with van der Waals surface area (Å²) in [6.45, 7) is 1.56. The van der Waals surface area contributed by atoms with E-state index in [1.54, 1.807) is 6.26 Å². The first-order chi connectivity index (χ1) is 7.34. The van der Waals surface area contributed by atoms with Crippen molar-refractivity contribution in [3.05, 3.63) is 59.0 Å². The van der Waals surface area contributed by atoms with Crippen LogP contribution in [-0.4, -0.2) is 0 Å². The molecule has 16 heavy (non-hydrogen) atoms. The topological polar surface area (TPSA) is 25.2 Å². The van der Waals surface area contributed by atoms with Crippen molar-refractivity contribution in [3.63, 3.8) is 0 Å². The van der Waals surface area contributed by atoms with Crippen molar-refractivity contribution < 1.29 is 4.42 Å². The molecule has 2 nitrogen and oxygen atoms in total. The van der Waals surface area contributed by atoms with Gasteiger partial charge in [0.25, 0.3) is 0 Å². The molecule has 4 heteroatoms. The fourth-order valence-electron chi connectivity index (χ4n) is 1.35. The summed E-state index contributed by atoms with van der Waals surface area (Å²) < 4.78 is 5.21. The van der Waals surface area contributed by atoms with E-state index in [0.717, 1.165) is 23.9 Å². The smallest absolute Gasteiger partial charge is 0.117 e. The molecule has 0 spiro atoms. The normalized spacial score (nSPS) is 9.81. The van der Waals surface area contributed by atoms with Crippen molar-refractivity contribution in [2.24, 2.45) is 0 Å². The van der Waals surface area contributed by atoms with Gasteiger partial charge in [-0.2, -0.15) is 0 Å². The number of benzene rings is 1. The second-order valence-corrected chi connectivity index (χ2v) is 3.75. The molecule has 0 radical (unpaired) electrons. The van der Waals surface area contributed by atoms with Crippen molar-refractivity contribution in [2.75, 3.05) is 0 Å². The van der Waals surface area contributed by atoms with Gasteiger partial charge in [0.1, 0.15) is 5.76 Å². The third-order valence-corrected chi connectivity index (χ3v) is 2.37. The second kappa shape index (κ2) is 6.59. The zero-order valence-corrected chi connectivity index (χ0v) is 10.2. The van der Waals surface area contributed by atoms with E-state index in [9.17, 15) is 0 Å². The molecule has 0 fully saturated rings. The second-order valence-electron chi connectivity index (χ2n) is 3.31. The maximum Gasteiger partial charge on any atom is 0.117 e. The summed E-state index contributed by atoms with van der Waals surface area (Å²) in [4.78, 5) is 0. The van der Waals surface area contributed by atoms with Crippen LogP contribution >= 0.6 is 24.0 Å². The SMILES string of the molecule is Cl.Clc1ccc(CNCc2ccco2)cc1. The van der Waals surface area contributed by atoms with Gasteiger partial charge in [-0.3, -0.25) is 0 Å². The molecule has 0 unspecified atom stereocenters. The summed E-state index contributed by atoms with van der Waals surface area (Å²) in [6, 6.07) is 11.7. The molecule has 0 atom stereocenters. The Morgan fingerprint density at radius 1 is 1.06 bits per heavy atom. The van der Waals surface area contributed by atoms with Crippen LogP contribution in [0.15, 0.2) is 47.1 Å². The lowest BCUT2D eigenvalue weighted by Crippen LogP contribution is -2.11. The van der Waals surface area contributed by atoms with Crippen LogP contribution in [0.1, 0.15) is 11.3 Å². The maximum atomic E-state index is 5.79. The summed E-state index contributed by atoms with van der Waals surface area (Å²) in [7, 11) is 0. The first kappa shape index (κ1) is 13.1. The lowest BCUT2D eigenvalue weighted by atomic mass is 10.2. The van der Waals surface area contributed by atoms with E-state index in [2.05, 4.69) is 5.32 Å². The van der Waals surface area contributed by atoms with Crippen molar-refractivity contribution in [3.8, 4) is 0 Å². The highest BCUT2D eigenvalue weighted by Gasteiger charge is 1.95. The highest BCUT2D eigenvalue weighted by Crippen LogP contribution is 2.09. The molecule has 1 heterocycles. The van der Waals surface area contributed by atoms with Crippen molar-refractivity contribution >= 4 is 24.0 Å². The number of furan rings is 1. The Morgan fingerprint density at radius 3 is 2.44 bits per heavy atom. The molecule has 0 amide bonds. The third kappa shape index (κ3) is 3.89. The van der Waals surface area contributed by atoms with Gasteiger partial charge in [0.15, 0.2) is 0 Å². The van der Waals surface area contributed by atoms with Gasteiger partial charge in [-0.15, -0.1) is 12.4 Å². The molecule has 2 aromatic rings. The summed E-state index contributed by atoms with van der Waals surface area (Å²) in [5, 5.41) is 4.06. The Morgan fingerprint density at radius 2 is 1.81 bits per heavy atom. The Labute approximate surface area is 106 Å². The maximum absolute atomic E-state index is 5.79. The van der Waals surface area contributed by atoms with E-state index in [4.69, 9.17) is 16.0 Å². The fraction of sp³-hybridized carbons (Fsp3) is 0.167. The van der Waals surface area contributed by atoms with Crippen LogP contribution in [0, 0.1) is 0 Å². The van der Waals surface area contributed by atoms with Gasteiger partial charge in [-0.1, -0.05) is 23.7 Å². The van der Waals surface area contributed by atoms with Crippen LogP contribution in [-0.2, 0) is 13.1 Å². The number of hydrogen-bond donors (Lipinski definition) is 1. The van der Waals surface area contributed by atoms with Crippen LogP contribution in [0.5, 0.6) is 0 Å². The minimum absolute atomic E-state index is 0. The minimum atomic E-state index is 0. The van der Waals surface area contributed by atoms with Crippen LogP contribution in [0.4, 0.5) is 0 Å². The molecule has 86 valence electrons. The van der Waals surface area contributed by atoms with Gasteiger partial charge in [0.2, 0.25) is 0 Å². The van der Waals surface area contributed by atoms with Gasteiger partial charge >= 0.3 is 0 Å². The standard InChI is InChI=1S/C12H12ClNO.ClH/c13-11-5-3-10(4-6-11)8-14-9-12-2-1-7-15-12;/h1-7,14H,8-9H2;1H. The van der Waals surface area contributed by atoms with Crippen molar-refractivity contribution in [2.45, 2.75) is 13.1 Å². The van der Waals surface area contributed by atoms with E-state index >= 15 is 0 Å². The van der Waals surface area contributed by atoms with Gasteiger partial charge in [0, 0.05) is 11.6 Å². The predicted octanol–water partition coefficient (Wildman–Crippen LogP) is 3.64. The molecule has 0 saturated heterocycles. The molecule has 1 aromatic heterocycles. The number of halogens is 2. The van der Waals surface area contributed by atoms with Crippen LogP contribution < -0.4 is 5.32 Å². The van der Waals surface area contributed by atoms with E-state index in [1.165, 1.54) is 5.56 Å². The molecular formula is C12H13Cl2NO. The molecule has 0 saturated carbocycles. The first-order valence-electron chi connectivity index (χ1n) is 4.82. The van der Waals surface area contributed by atoms with Gasteiger partial charge in [0.05, 0.1) is 12.8 Å². The largest absolute Gasteiger partial charge is 0.468 e. The third-order valence-electron chi connectivity index (χ3n) is 2.12. The monoisotopic (exact) mass is 257 g/mol. The van der Waals surface area contributed by atoms with Crippen LogP contribution in [0.3, 0.4) is 0 Å². The summed E-state index contributed by atoms with van der Waals surface area (Å²) >= 11 is 5.79. The van der Waals surface area contributed by atoms with Gasteiger partial charge in [-0.25, -0.2) is 0 Å². The molecule has 2 rings (SSSR count). The van der Waals surface area contributed by atoms with Crippen LogP contribution in [0.25, 0.3) is 0 Å². The number of hydrogen-bond acceptors (Lipinski definition) is 2. The highest BCUT2D eigenvalue weighted by molar-refractivity contribution is 6.30.